The molecule has 0 aliphatic rings. The van der Waals surface area contributed by atoms with Gasteiger partial charge in [-0.2, -0.15) is 0 Å². The van der Waals surface area contributed by atoms with Gasteiger partial charge in [0.2, 0.25) is 0 Å². The summed E-state index contributed by atoms with van der Waals surface area (Å²) >= 11 is 0. The molecule has 0 unspecified atom stereocenters. The molecule has 0 fully saturated rings. The quantitative estimate of drug-likeness (QED) is 0.148. The van der Waals surface area contributed by atoms with E-state index in [-0.39, 0.29) is 0 Å². The van der Waals surface area contributed by atoms with Gasteiger partial charge >= 0.3 is 0 Å². The molecular weight excluding hydrogens is 859 g/mol. The van der Waals surface area contributed by atoms with Crippen molar-refractivity contribution >= 4 is 82.2 Å². The summed E-state index contributed by atoms with van der Waals surface area (Å²) in [4.78, 5) is 2.48. The van der Waals surface area contributed by atoms with Gasteiger partial charge in [-0.25, -0.2) is 0 Å². The number of nitrogens with zero attached hydrogens (tertiary/aromatic N) is 3. The third-order valence-corrected chi connectivity index (χ3v) is 14.5. The third-order valence-electron chi connectivity index (χ3n) is 14.5. The Morgan fingerprint density at radius 3 is 1.24 bits per heavy atom. The lowest BCUT2D eigenvalue weighted by atomic mass is 9.95. The van der Waals surface area contributed by atoms with Crippen LogP contribution in [0.3, 0.4) is 0 Å². The van der Waals surface area contributed by atoms with Gasteiger partial charge in [0.25, 0.3) is 0 Å². The van der Waals surface area contributed by atoms with Gasteiger partial charge < -0.3 is 14.0 Å². The Morgan fingerprint density at radius 1 is 0.239 bits per heavy atom. The molecule has 0 aliphatic carbocycles. The van der Waals surface area contributed by atoms with Gasteiger partial charge in [0.15, 0.2) is 0 Å². The van der Waals surface area contributed by atoms with Crippen molar-refractivity contribution in [2.45, 2.75) is 0 Å². The molecular formula is C68H45N3. The molecule has 2 heterocycles. The van der Waals surface area contributed by atoms with Crippen molar-refractivity contribution in [1.82, 2.24) is 9.13 Å². The van der Waals surface area contributed by atoms with Gasteiger partial charge in [0.1, 0.15) is 0 Å². The third kappa shape index (κ3) is 6.66. The highest BCUT2D eigenvalue weighted by molar-refractivity contribution is 6.15. The van der Waals surface area contributed by atoms with E-state index in [1.54, 1.807) is 0 Å². The second kappa shape index (κ2) is 16.7. The maximum absolute atomic E-state index is 2.48. The first kappa shape index (κ1) is 40.6. The van der Waals surface area contributed by atoms with Crippen molar-refractivity contribution in [3.8, 4) is 44.8 Å². The molecule has 0 amide bonds. The van der Waals surface area contributed by atoms with E-state index >= 15 is 0 Å². The normalized spacial score (nSPS) is 11.7. The van der Waals surface area contributed by atoms with Crippen molar-refractivity contribution in [2.75, 3.05) is 4.90 Å². The summed E-state index contributed by atoms with van der Waals surface area (Å²) in [6.45, 7) is 0. The second-order valence-corrected chi connectivity index (χ2v) is 18.4. The zero-order valence-electron chi connectivity index (χ0n) is 38.8. The molecule has 0 spiro atoms. The van der Waals surface area contributed by atoms with Crippen molar-refractivity contribution in [3.05, 3.63) is 273 Å². The van der Waals surface area contributed by atoms with Crippen LogP contribution in [-0.4, -0.2) is 9.13 Å². The predicted molar refractivity (Wildman–Crippen MR) is 301 cm³/mol. The van der Waals surface area contributed by atoms with Gasteiger partial charge in [0, 0.05) is 49.1 Å². The monoisotopic (exact) mass is 903 g/mol. The van der Waals surface area contributed by atoms with Crippen LogP contribution in [0.2, 0.25) is 0 Å². The number of para-hydroxylation sites is 4. The number of rotatable bonds is 8. The van der Waals surface area contributed by atoms with Gasteiger partial charge in [-0.1, -0.05) is 206 Å². The van der Waals surface area contributed by atoms with E-state index in [1.807, 2.05) is 0 Å². The van der Waals surface area contributed by atoms with Crippen LogP contribution in [0.25, 0.3) is 110 Å². The fraction of sp³-hybridized carbons (Fsp3) is 0. The molecule has 0 saturated carbocycles. The molecule has 0 aliphatic heterocycles. The minimum Gasteiger partial charge on any atom is -0.309 e. The number of anilines is 3. The second-order valence-electron chi connectivity index (χ2n) is 18.4. The minimum atomic E-state index is 1.08. The van der Waals surface area contributed by atoms with Crippen LogP contribution in [0.15, 0.2) is 273 Å². The van der Waals surface area contributed by atoms with E-state index < -0.39 is 0 Å². The number of benzene rings is 12. The van der Waals surface area contributed by atoms with Gasteiger partial charge in [-0.05, 0) is 105 Å². The highest BCUT2D eigenvalue weighted by atomic mass is 15.1. The Hall–Kier alpha value is -9.44. The van der Waals surface area contributed by atoms with E-state index in [4.69, 9.17) is 0 Å². The summed E-state index contributed by atoms with van der Waals surface area (Å²) in [6.07, 6.45) is 0. The van der Waals surface area contributed by atoms with Crippen LogP contribution >= 0.6 is 0 Å². The maximum atomic E-state index is 2.48. The molecule has 0 saturated heterocycles. The molecule has 3 heteroatoms. The van der Waals surface area contributed by atoms with Gasteiger partial charge in [-0.3, -0.25) is 0 Å². The summed E-state index contributed by atoms with van der Waals surface area (Å²) in [5, 5.41) is 9.70. The molecule has 332 valence electrons. The number of hydrogen-bond donors (Lipinski definition) is 0. The smallest absolute Gasteiger partial charge is 0.0547 e. The molecule has 2 aromatic heterocycles. The molecule has 14 aromatic rings. The number of hydrogen-bond acceptors (Lipinski definition) is 1. The molecule has 0 atom stereocenters. The van der Waals surface area contributed by atoms with E-state index in [0.717, 1.165) is 28.4 Å². The summed E-state index contributed by atoms with van der Waals surface area (Å²) in [5.74, 6) is 0. The van der Waals surface area contributed by atoms with Crippen molar-refractivity contribution in [2.24, 2.45) is 0 Å². The summed E-state index contributed by atoms with van der Waals surface area (Å²) in [5.41, 5.74) is 17.5. The average Bonchev–Trinajstić information content (AvgIpc) is 3.96. The lowest BCUT2D eigenvalue weighted by Crippen LogP contribution is -2.12. The van der Waals surface area contributed by atoms with Crippen LogP contribution in [0.1, 0.15) is 0 Å². The van der Waals surface area contributed by atoms with Crippen LogP contribution in [0.4, 0.5) is 17.1 Å². The van der Waals surface area contributed by atoms with Crippen molar-refractivity contribution in [1.29, 1.82) is 0 Å². The fourth-order valence-corrected chi connectivity index (χ4v) is 11.3. The summed E-state index contributed by atoms with van der Waals surface area (Å²) in [6, 6.07) is 99.8. The van der Waals surface area contributed by atoms with Gasteiger partial charge in [-0.15, -0.1) is 0 Å². The molecule has 12 aromatic carbocycles. The highest BCUT2D eigenvalue weighted by Gasteiger charge is 2.23. The zero-order valence-corrected chi connectivity index (χ0v) is 38.8. The largest absolute Gasteiger partial charge is 0.309 e. The van der Waals surface area contributed by atoms with E-state index in [0.29, 0.717) is 0 Å². The Labute approximate surface area is 412 Å². The Morgan fingerprint density at radius 2 is 0.648 bits per heavy atom. The highest BCUT2D eigenvalue weighted by Crippen LogP contribution is 2.47. The first-order valence-electron chi connectivity index (χ1n) is 24.4. The van der Waals surface area contributed by atoms with Crippen LogP contribution in [-0.2, 0) is 0 Å². The predicted octanol–water partition coefficient (Wildman–Crippen LogP) is 18.7. The minimum absolute atomic E-state index is 1.08. The molecule has 0 bridgehead atoms. The standard InChI is InChI=1S/C68H45N3/c1-3-17-46(18-4-1)47-31-33-48(34-32-47)49-35-38-52(39-36-49)69(66-43-44-67(59-24-10-9-23-58(59)66)71-63-29-15-12-25-56(63)57-26-13-16-30-64(57)71)65-42-41-53(54-21-7-8-22-55(54)65)50-37-40-61-60-27-11-14-28-62(60)70(68(61)45-50)51-19-5-2-6-20-51/h1-45H. The SMILES string of the molecule is c1ccc(-c2ccc(-c3ccc(N(c4ccc(-c5ccc6c7ccccc7n(-c7ccccc7)c6c5)c5ccccc45)c4ccc(-n5c6ccccc6c6ccccc65)c5ccccc45)cc3)cc2)cc1. The molecule has 71 heavy (non-hydrogen) atoms. The van der Waals surface area contributed by atoms with E-state index in [1.165, 1.54) is 98.5 Å². The van der Waals surface area contributed by atoms with Crippen LogP contribution in [0.5, 0.6) is 0 Å². The molecule has 0 N–H and O–H groups in total. The van der Waals surface area contributed by atoms with Crippen LogP contribution in [0, 0.1) is 0 Å². The molecule has 14 rings (SSSR count). The van der Waals surface area contributed by atoms with Crippen LogP contribution < -0.4 is 4.90 Å². The Kier molecular flexibility index (Phi) is 9.53. The first-order valence-corrected chi connectivity index (χ1v) is 24.4. The first-order chi connectivity index (χ1) is 35.2. The van der Waals surface area contributed by atoms with Crippen molar-refractivity contribution in [3.63, 3.8) is 0 Å². The lowest BCUT2D eigenvalue weighted by molar-refractivity contribution is 1.18. The molecule has 3 nitrogen and oxygen atoms in total. The topological polar surface area (TPSA) is 13.1 Å². The Balaban J connectivity index is 0.959. The summed E-state index contributed by atoms with van der Waals surface area (Å²) in [7, 11) is 0. The Bertz CT molecular complexity index is 4260. The number of fused-ring (bicyclic) bond motifs is 8. The van der Waals surface area contributed by atoms with E-state index in [2.05, 4.69) is 287 Å². The molecule has 0 radical (unpaired) electrons. The fourth-order valence-electron chi connectivity index (χ4n) is 11.3. The van der Waals surface area contributed by atoms with E-state index in [9.17, 15) is 0 Å². The number of aromatic nitrogens is 2. The summed E-state index contributed by atoms with van der Waals surface area (Å²) < 4.78 is 4.85. The average molecular weight is 904 g/mol. The van der Waals surface area contributed by atoms with Gasteiger partial charge in [0.05, 0.1) is 39.1 Å². The maximum Gasteiger partial charge on any atom is 0.0547 e. The zero-order chi connectivity index (χ0) is 46.8. The van der Waals surface area contributed by atoms with Crippen molar-refractivity contribution < 1.29 is 0 Å². The lowest BCUT2D eigenvalue weighted by Gasteiger charge is -2.29.